The molecule has 25 heavy (non-hydrogen) atoms. The number of anilines is 1. The molecule has 0 bridgehead atoms. The molecule has 8 heteroatoms. The molecule has 7 nitrogen and oxygen atoms in total. The molecule has 2 aliphatic rings. The van der Waals surface area contributed by atoms with E-state index in [9.17, 15) is 19.1 Å². The van der Waals surface area contributed by atoms with E-state index in [0.29, 0.717) is 29.7 Å². The number of carboxylic acid groups (broad SMARTS) is 1. The summed E-state index contributed by atoms with van der Waals surface area (Å²) in [6.45, 7) is 3.05. The number of carboxylic acids is 1. The van der Waals surface area contributed by atoms with Crippen LogP contribution in [0.15, 0.2) is 16.9 Å². The van der Waals surface area contributed by atoms with E-state index in [2.05, 4.69) is 0 Å². The minimum Gasteiger partial charge on any atom is -0.487 e. The Balaban J connectivity index is 2.06. The fraction of sp³-hybridized carbons (Fsp3) is 0.412. The summed E-state index contributed by atoms with van der Waals surface area (Å²) in [6.07, 6.45) is 0.748. The Morgan fingerprint density at radius 2 is 2.20 bits per heavy atom. The maximum absolute atomic E-state index is 14.8. The Labute approximate surface area is 142 Å². The maximum Gasteiger partial charge on any atom is 0.341 e. The summed E-state index contributed by atoms with van der Waals surface area (Å²) in [5, 5.41) is 9.62. The molecule has 0 saturated carbocycles. The summed E-state index contributed by atoms with van der Waals surface area (Å²) in [5.41, 5.74) is 5.69. The third kappa shape index (κ3) is 2.28. The Morgan fingerprint density at radius 1 is 1.44 bits per heavy atom. The van der Waals surface area contributed by atoms with E-state index in [4.69, 9.17) is 10.5 Å². The first-order valence-electron chi connectivity index (χ1n) is 8.17. The van der Waals surface area contributed by atoms with Crippen molar-refractivity contribution in [3.8, 4) is 5.75 Å². The van der Waals surface area contributed by atoms with Crippen LogP contribution in [0.2, 0.25) is 0 Å². The number of pyridine rings is 1. The molecule has 0 amide bonds. The van der Waals surface area contributed by atoms with Crippen LogP contribution >= 0.6 is 0 Å². The summed E-state index contributed by atoms with van der Waals surface area (Å²) >= 11 is 0. The van der Waals surface area contributed by atoms with Gasteiger partial charge in [0.25, 0.3) is 5.56 Å². The lowest BCUT2D eigenvalue weighted by atomic mass is 10.1. The summed E-state index contributed by atoms with van der Waals surface area (Å²) < 4.78 is 22.0. The zero-order valence-corrected chi connectivity index (χ0v) is 13.7. The first kappa shape index (κ1) is 15.9. The standard InChI is InChI=1S/C17H18FN3O4/c1-8-7-25-15-13-9(4-11(17(23)24)16(22)21(8)13)5-12(18)14(15)20-3-2-10(19)6-20/h4-5,8,10H,2-3,6-7,19H2,1H3,(H,23,24)/t8-,10-/m0/s1. The van der Waals surface area contributed by atoms with Crippen molar-refractivity contribution in [3.63, 3.8) is 0 Å². The van der Waals surface area contributed by atoms with Crippen molar-refractivity contribution in [3.05, 3.63) is 33.9 Å². The first-order valence-corrected chi connectivity index (χ1v) is 8.17. The van der Waals surface area contributed by atoms with E-state index < -0.39 is 17.3 Å². The van der Waals surface area contributed by atoms with Gasteiger partial charge in [-0.05, 0) is 25.5 Å². The van der Waals surface area contributed by atoms with Gasteiger partial charge in [-0.25, -0.2) is 9.18 Å². The van der Waals surface area contributed by atoms with Crippen LogP contribution in [0.25, 0.3) is 10.9 Å². The van der Waals surface area contributed by atoms with Crippen LogP contribution in [0.5, 0.6) is 5.75 Å². The average Bonchev–Trinajstić information content (AvgIpc) is 2.97. The Hall–Kier alpha value is -2.61. The van der Waals surface area contributed by atoms with E-state index >= 15 is 0 Å². The lowest BCUT2D eigenvalue weighted by Crippen LogP contribution is -2.35. The van der Waals surface area contributed by atoms with Gasteiger partial charge in [0.05, 0.1) is 11.6 Å². The maximum atomic E-state index is 14.8. The molecule has 2 atom stereocenters. The van der Waals surface area contributed by atoms with E-state index in [1.807, 2.05) is 4.90 Å². The summed E-state index contributed by atoms with van der Waals surface area (Å²) in [5.74, 6) is -1.55. The lowest BCUT2D eigenvalue weighted by molar-refractivity contribution is 0.0694. The van der Waals surface area contributed by atoms with Crippen LogP contribution < -0.4 is 20.9 Å². The second-order valence-electron chi connectivity index (χ2n) is 6.67. The first-order chi connectivity index (χ1) is 11.9. The van der Waals surface area contributed by atoms with Crippen LogP contribution in [0.1, 0.15) is 29.7 Å². The Bertz CT molecular complexity index is 955. The smallest absolute Gasteiger partial charge is 0.341 e. The minimum atomic E-state index is -1.33. The van der Waals surface area contributed by atoms with Crippen molar-refractivity contribution in [1.29, 1.82) is 0 Å². The highest BCUT2D eigenvalue weighted by atomic mass is 19.1. The van der Waals surface area contributed by atoms with Gasteiger partial charge >= 0.3 is 5.97 Å². The number of nitrogens with zero attached hydrogens (tertiary/aromatic N) is 2. The van der Waals surface area contributed by atoms with Crippen LogP contribution in [0, 0.1) is 5.82 Å². The number of benzene rings is 1. The highest BCUT2D eigenvalue weighted by molar-refractivity contribution is 5.97. The van der Waals surface area contributed by atoms with Crippen LogP contribution in [-0.2, 0) is 0 Å². The number of hydrogen-bond donors (Lipinski definition) is 2. The number of carbonyl (C=O) groups is 1. The van der Waals surface area contributed by atoms with Crippen molar-refractivity contribution in [2.45, 2.75) is 25.4 Å². The topological polar surface area (TPSA) is 97.8 Å². The van der Waals surface area contributed by atoms with Crippen LogP contribution in [0.4, 0.5) is 10.1 Å². The summed E-state index contributed by atoms with van der Waals surface area (Å²) in [7, 11) is 0. The predicted octanol–water partition coefficient (Wildman–Crippen LogP) is 1.33. The summed E-state index contributed by atoms with van der Waals surface area (Å²) in [4.78, 5) is 25.8. The minimum absolute atomic E-state index is 0.0404. The normalized spacial score (nSPS) is 22.3. The molecule has 1 aromatic heterocycles. The number of nitrogens with two attached hydrogens (primary N) is 1. The average molecular weight is 347 g/mol. The zero-order valence-electron chi connectivity index (χ0n) is 13.7. The van der Waals surface area contributed by atoms with E-state index in [0.717, 1.165) is 6.42 Å². The van der Waals surface area contributed by atoms with Crippen molar-refractivity contribution in [2.24, 2.45) is 5.73 Å². The molecular weight excluding hydrogens is 329 g/mol. The fourth-order valence-electron chi connectivity index (χ4n) is 3.71. The molecule has 0 unspecified atom stereocenters. The van der Waals surface area contributed by atoms with E-state index in [1.165, 1.54) is 16.7 Å². The molecule has 3 N–H and O–H groups in total. The molecule has 0 aliphatic carbocycles. The van der Waals surface area contributed by atoms with Gasteiger partial charge in [0, 0.05) is 24.5 Å². The van der Waals surface area contributed by atoms with Gasteiger partial charge in [0.1, 0.15) is 17.9 Å². The number of aromatic nitrogens is 1. The van der Waals surface area contributed by atoms with Crippen molar-refractivity contribution in [2.75, 3.05) is 24.6 Å². The molecule has 0 radical (unpaired) electrons. The quantitative estimate of drug-likeness (QED) is 0.851. The number of rotatable bonds is 2. The monoisotopic (exact) mass is 347 g/mol. The van der Waals surface area contributed by atoms with E-state index in [-0.39, 0.29) is 30.0 Å². The fourth-order valence-corrected chi connectivity index (χ4v) is 3.71. The van der Waals surface area contributed by atoms with Crippen LogP contribution in [-0.4, -0.2) is 41.4 Å². The summed E-state index contributed by atoms with van der Waals surface area (Å²) in [6, 6.07) is 2.09. The van der Waals surface area contributed by atoms with Crippen LogP contribution in [0.3, 0.4) is 0 Å². The molecule has 2 aromatic rings. The highest BCUT2D eigenvalue weighted by Crippen LogP contribution is 2.42. The number of aromatic carboxylic acids is 1. The van der Waals surface area contributed by atoms with Gasteiger partial charge in [0.2, 0.25) is 0 Å². The molecule has 1 saturated heterocycles. The van der Waals surface area contributed by atoms with Gasteiger partial charge in [-0.2, -0.15) is 0 Å². The van der Waals surface area contributed by atoms with Crippen molar-refractivity contribution < 1.29 is 19.0 Å². The van der Waals surface area contributed by atoms with Gasteiger partial charge < -0.3 is 20.5 Å². The number of hydrogen-bond acceptors (Lipinski definition) is 5. The Morgan fingerprint density at radius 3 is 2.84 bits per heavy atom. The molecule has 1 fully saturated rings. The molecule has 132 valence electrons. The SMILES string of the molecule is C[C@H]1COc2c(N3CC[C@H](N)C3)c(F)cc3cc(C(=O)O)c(=O)n1c23. The number of halogens is 1. The second-order valence-corrected chi connectivity index (χ2v) is 6.67. The van der Waals surface area contributed by atoms with Gasteiger partial charge in [-0.15, -0.1) is 0 Å². The Kier molecular flexibility index (Phi) is 3.47. The molecule has 1 aromatic carbocycles. The van der Waals surface area contributed by atoms with Crippen molar-refractivity contribution >= 4 is 22.6 Å². The molecule has 2 aliphatic heterocycles. The van der Waals surface area contributed by atoms with Gasteiger partial charge in [-0.1, -0.05) is 0 Å². The van der Waals surface area contributed by atoms with Gasteiger partial charge in [0.15, 0.2) is 11.6 Å². The largest absolute Gasteiger partial charge is 0.487 e. The predicted molar refractivity (Wildman–Crippen MR) is 90.1 cm³/mol. The zero-order chi connectivity index (χ0) is 17.9. The molecule has 0 spiro atoms. The molecular formula is C17H18FN3O4. The number of ether oxygens (including phenoxy) is 1. The van der Waals surface area contributed by atoms with E-state index in [1.54, 1.807) is 6.92 Å². The third-order valence-electron chi connectivity index (χ3n) is 4.88. The lowest BCUT2D eigenvalue weighted by Gasteiger charge is -2.30. The third-order valence-corrected chi connectivity index (χ3v) is 4.88. The molecule has 4 rings (SSSR count). The second kappa shape index (κ2) is 5.45. The van der Waals surface area contributed by atoms with Crippen molar-refractivity contribution in [1.82, 2.24) is 4.57 Å². The van der Waals surface area contributed by atoms with Gasteiger partial charge in [-0.3, -0.25) is 9.36 Å². The highest BCUT2D eigenvalue weighted by Gasteiger charge is 2.32. The molecule has 3 heterocycles.